The van der Waals surface area contributed by atoms with Crippen molar-refractivity contribution in [1.82, 2.24) is 30.1 Å². The number of likely N-dealkylation sites (N-methyl/N-ethyl adjacent to an activating group) is 1. The van der Waals surface area contributed by atoms with Gasteiger partial charge < -0.3 is 46.3 Å². The molecule has 6 rings (SSSR count). The molecule has 5 atom stereocenters. The number of benzene rings is 2. The predicted molar refractivity (Wildman–Crippen MR) is 275 cm³/mol. The summed E-state index contributed by atoms with van der Waals surface area (Å²) in [5.41, 5.74) is 18.9. The number of H-pyrrole nitrogens is 1. The van der Waals surface area contributed by atoms with Crippen LogP contribution in [0.3, 0.4) is 0 Å². The Morgan fingerprint density at radius 3 is 2.34 bits per heavy atom. The first-order valence-corrected chi connectivity index (χ1v) is 23.1. The normalized spacial score (nSPS) is 18.8. The molecule has 0 bridgehead atoms. The largest absolute Gasteiger partial charge is 0.508 e. The third-order valence-corrected chi connectivity index (χ3v) is 11.6. The van der Waals surface area contributed by atoms with E-state index in [-0.39, 0.29) is 36.7 Å². The van der Waals surface area contributed by atoms with Gasteiger partial charge >= 0.3 is 0 Å². The van der Waals surface area contributed by atoms with E-state index >= 15 is 0 Å². The SMILES string of the molecule is C/C(N)=C/NCC1CCCN1C.C=C.C=C1/C=C\C(c2cnc(C(N)CCCC)[nH]2)=C/CC(c2cccc(O)c2)n2c1cc1ccccc12.C=CC(NCO)C(C)C.CC(C)C(C)ON. The number of aliphatic hydroxyl groups is 1. The lowest BCUT2D eigenvalue weighted by Gasteiger charge is -2.23. The summed E-state index contributed by atoms with van der Waals surface area (Å²) < 4.78 is 2.34. The Balaban J connectivity index is 0.000000393. The molecule has 11 N–H and O–H groups in total. The number of allylic oxidation sites excluding steroid dienone is 6. The third kappa shape index (κ3) is 18.3. The second-order valence-electron chi connectivity index (χ2n) is 17.3. The van der Waals surface area contributed by atoms with Gasteiger partial charge in [0.15, 0.2) is 0 Å². The molecule has 4 aromatic rings. The quantitative estimate of drug-likeness (QED) is 0.0324. The monoisotopic (exact) mass is 894 g/mol. The van der Waals surface area contributed by atoms with Gasteiger partial charge in [-0.2, -0.15) is 0 Å². The van der Waals surface area contributed by atoms with Gasteiger partial charge in [0.1, 0.15) is 11.6 Å². The molecule has 5 unspecified atom stereocenters. The minimum absolute atomic E-state index is 0.0159. The Kier molecular flexibility index (Phi) is 25.9. The number of para-hydroxylation sites is 1. The number of aliphatic hydroxyl groups excluding tert-OH is 1. The number of fused-ring (bicyclic) bond motifs is 3. The fraction of sp³-hybridized carbons (Fsp3) is 0.453. The Morgan fingerprint density at radius 2 is 1.78 bits per heavy atom. The molecule has 0 saturated carbocycles. The number of rotatable bonds is 15. The Hall–Kier alpha value is -5.21. The molecule has 0 spiro atoms. The maximum atomic E-state index is 10.3. The molecule has 12 heteroatoms. The lowest BCUT2D eigenvalue weighted by molar-refractivity contribution is 0.0351. The van der Waals surface area contributed by atoms with Gasteiger partial charge in [-0.3, -0.25) is 5.32 Å². The minimum atomic E-state index is -0.0910. The van der Waals surface area contributed by atoms with E-state index in [1.54, 1.807) is 12.1 Å². The molecule has 1 fully saturated rings. The van der Waals surface area contributed by atoms with E-state index in [0.717, 1.165) is 77.4 Å². The van der Waals surface area contributed by atoms with Crippen molar-refractivity contribution in [3.63, 3.8) is 0 Å². The number of nitrogens with zero attached hydrogens (tertiary/aromatic N) is 3. The maximum Gasteiger partial charge on any atom is 0.123 e. The highest BCUT2D eigenvalue weighted by Crippen LogP contribution is 2.37. The maximum absolute atomic E-state index is 10.3. The van der Waals surface area contributed by atoms with Gasteiger partial charge in [0.2, 0.25) is 0 Å². The molecule has 358 valence electrons. The van der Waals surface area contributed by atoms with E-state index in [1.807, 2.05) is 38.4 Å². The molecule has 4 heterocycles. The zero-order valence-electron chi connectivity index (χ0n) is 40.8. The number of phenols is 1. The number of likely N-dealkylation sites (tertiary alicyclic amines) is 1. The van der Waals surface area contributed by atoms with Crippen molar-refractivity contribution in [2.45, 2.75) is 117 Å². The lowest BCUT2D eigenvalue weighted by atomic mass is 10.0. The van der Waals surface area contributed by atoms with Crippen molar-refractivity contribution in [3.8, 4) is 5.75 Å². The summed E-state index contributed by atoms with van der Waals surface area (Å²) in [7, 11) is 2.18. The van der Waals surface area contributed by atoms with Gasteiger partial charge in [-0.25, -0.2) is 10.9 Å². The fourth-order valence-corrected chi connectivity index (χ4v) is 7.34. The highest BCUT2D eigenvalue weighted by molar-refractivity contribution is 5.89. The Labute approximate surface area is 391 Å². The van der Waals surface area contributed by atoms with Crippen LogP contribution in [-0.4, -0.2) is 74.7 Å². The zero-order valence-corrected chi connectivity index (χ0v) is 40.8. The number of aromatic amines is 1. The molecule has 65 heavy (non-hydrogen) atoms. The molecule has 1 saturated heterocycles. The van der Waals surface area contributed by atoms with Crippen LogP contribution in [-0.2, 0) is 4.84 Å². The van der Waals surface area contributed by atoms with Crippen LogP contribution in [0.25, 0.3) is 22.0 Å². The summed E-state index contributed by atoms with van der Waals surface area (Å²) in [5, 5.41) is 26.0. The van der Waals surface area contributed by atoms with Crippen LogP contribution < -0.4 is 28.0 Å². The topological polar surface area (TPSA) is 189 Å². The first kappa shape index (κ1) is 55.9. The molecule has 2 aliphatic heterocycles. The van der Waals surface area contributed by atoms with Crippen LogP contribution in [0.5, 0.6) is 5.75 Å². The van der Waals surface area contributed by atoms with Gasteiger partial charge in [0, 0.05) is 47.1 Å². The van der Waals surface area contributed by atoms with Crippen LogP contribution in [0.15, 0.2) is 123 Å². The number of nitrogens with one attached hydrogen (secondary N) is 3. The van der Waals surface area contributed by atoms with E-state index < -0.39 is 0 Å². The average molecular weight is 894 g/mol. The van der Waals surface area contributed by atoms with Crippen LogP contribution >= 0.6 is 0 Å². The summed E-state index contributed by atoms with van der Waals surface area (Å²) in [6, 6.07) is 19.0. The number of aromatic nitrogens is 3. The molecule has 0 amide bonds. The standard InChI is InChI=1S/C30H32N4O.C9H19N3.C7H15NO.C5H13NO.C2H4/c1-3-4-11-25(31)30-32-19-26(33-30)21-14-13-20(2)29-18-23-8-5-6-12-27(23)34(29)28(16-15-21)22-9-7-10-24(35)17-22;1-8(10)6-11-7-9-4-3-5-12(9)2;1-4-7(6(2)3)8-5-9;1-4(2)5(3)7-6;1-2/h5-10,12-15,17-19,25,28,35H,2-4,11,16,31H2,1H3,(H,32,33);6,9,11H,3-5,7,10H2,1-2H3;4,6-9H,1,5H2,2-3H3;4-5H,6H2,1-3H3;1-2H2/b14-13-,21-15+;8-6-;;;. The van der Waals surface area contributed by atoms with Crippen molar-refractivity contribution in [1.29, 1.82) is 0 Å². The molecule has 2 aromatic carbocycles. The first-order chi connectivity index (χ1) is 31.1. The van der Waals surface area contributed by atoms with E-state index in [1.165, 1.54) is 24.8 Å². The number of imidazole rings is 1. The van der Waals surface area contributed by atoms with Gasteiger partial charge in [0.05, 0.1) is 36.8 Å². The molecular weight excluding hydrogens is 811 g/mol. The second kappa shape index (κ2) is 30.1. The Morgan fingerprint density at radius 1 is 1.06 bits per heavy atom. The molecule has 2 aromatic heterocycles. The van der Waals surface area contributed by atoms with Crippen LogP contribution in [0.2, 0.25) is 0 Å². The van der Waals surface area contributed by atoms with Crippen LogP contribution in [0, 0.1) is 11.8 Å². The van der Waals surface area contributed by atoms with Crippen molar-refractivity contribution in [3.05, 3.63) is 146 Å². The van der Waals surface area contributed by atoms with E-state index in [4.69, 9.17) is 22.5 Å². The lowest BCUT2D eigenvalue weighted by Crippen LogP contribution is -2.33. The fourth-order valence-electron chi connectivity index (χ4n) is 7.34. The summed E-state index contributed by atoms with van der Waals surface area (Å²) >= 11 is 0. The molecular formula is C53H83N9O3. The molecule has 12 nitrogen and oxygen atoms in total. The number of hydrogen-bond acceptors (Lipinski definition) is 10. The van der Waals surface area contributed by atoms with Crippen molar-refractivity contribution < 1.29 is 15.1 Å². The summed E-state index contributed by atoms with van der Waals surface area (Å²) in [6.45, 7) is 30.6. The predicted octanol–water partition coefficient (Wildman–Crippen LogP) is 9.86. The van der Waals surface area contributed by atoms with Gasteiger partial charge in [-0.15, -0.1) is 19.7 Å². The average Bonchev–Trinajstić information content (AvgIpc) is 4.06. The summed E-state index contributed by atoms with van der Waals surface area (Å²) in [5.74, 6) is 6.97. The van der Waals surface area contributed by atoms with Crippen LogP contribution in [0.1, 0.15) is 122 Å². The minimum Gasteiger partial charge on any atom is -0.508 e. The summed E-state index contributed by atoms with van der Waals surface area (Å²) in [6.07, 6.45) is 18.6. The number of unbranched alkanes of at least 4 members (excludes halogenated alkanes) is 1. The highest BCUT2D eigenvalue weighted by Gasteiger charge is 2.23. The second-order valence-corrected chi connectivity index (χ2v) is 17.3. The van der Waals surface area contributed by atoms with Crippen molar-refractivity contribution in [2.75, 3.05) is 26.9 Å². The van der Waals surface area contributed by atoms with Crippen molar-refractivity contribution in [2.24, 2.45) is 29.2 Å². The summed E-state index contributed by atoms with van der Waals surface area (Å²) in [4.78, 5) is 14.9. The molecule has 0 radical (unpaired) electrons. The number of hydrogen-bond donors (Lipinski definition) is 8. The van der Waals surface area contributed by atoms with Gasteiger partial charge in [0.25, 0.3) is 0 Å². The van der Waals surface area contributed by atoms with Gasteiger partial charge in [-0.1, -0.05) is 109 Å². The van der Waals surface area contributed by atoms with E-state index in [2.05, 4.69) is 158 Å². The molecule has 0 aliphatic carbocycles. The number of aromatic hydroxyl groups is 1. The molecule has 2 aliphatic rings. The Bertz CT molecular complexity index is 2080. The number of nitrogens with two attached hydrogens (primary N) is 3. The third-order valence-electron chi connectivity index (χ3n) is 11.6. The van der Waals surface area contributed by atoms with Crippen LogP contribution in [0.4, 0.5) is 0 Å². The first-order valence-electron chi connectivity index (χ1n) is 23.1. The van der Waals surface area contributed by atoms with E-state index in [0.29, 0.717) is 17.9 Å². The smallest absolute Gasteiger partial charge is 0.123 e. The van der Waals surface area contributed by atoms with Crippen molar-refractivity contribution >= 4 is 22.0 Å². The van der Waals surface area contributed by atoms with Gasteiger partial charge in [-0.05, 0) is 106 Å². The number of phenolic OH excluding ortho intramolecular Hbond substituents is 1. The van der Waals surface area contributed by atoms with E-state index in [9.17, 15) is 5.11 Å². The highest BCUT2D eigenvalue weighted by atomic mass is 16.6. The zero-order chi connectivity index (χ0) is 48.5.